The standard InChI is InChI=1S/C24H23N3O/c28-24-15-21-16-25-11-12-27(21)23-14-20(9-10-22(23)26-24)19-8-4-7-18(13-19)17-5-2-1-3-6-17/h1-10,13-14,21,25H,11-12,15-16H2,(H,26,28). The Bertz CT molecular complexity index is 1020. The number of piperazine rings is 1. The van der Waals surface area contributed by atoms with Gasteiger partial charge in [-0.2, -0.15) is 0 Å². The van der Waals surface area contributed by atoms with Crippen LogP contribution < -0.4 is 15.5 Å². The molecular formula is C24H23N3O. The van der Waals surface area contributed by atoms with Crippen LogP contribution in [0.2, 0.25) is 0 Å². The summed E-state index contributed by atoms with van der Waals surface area (Å²) in [6.07, 6.45) is 0.528. The Morgan fingerprint density at radius 1 is 0.821 bits per heavy atom. The fraction of sp³-hybridized carbons (Fsp3) is 0.208. The second kappa shape index (κ2) is 7.13. The van der Waals surface area contributed by atoms with Crippen molar-refractivity contribution in [2.75, 3.05) is 29.9 Å². The average Bonchev–Trinajstić information content (AvgIpc) is 2.89. The first-order valence-electron chi connectivity index (χ1n) is 9.85. The second-order valence-electron chi connectivity index (χ2n) is 7.48. The van der Waals surface area contributed by atoms with Crippen molar-refractivity contribution in [3.8, 4) is 22.3 Å². The summed E-state index contributed by atoms with van der Waals surface area (Å²) in [5, 5.41) is 6.50. The zero-order valence-corrected chi connectivity index (χ0v) is 15.7. The van der Waals surface area contributed by atoms with Crippen molar-refractivity contribution in [3.63, 3.8) is 0 Å². The molecule has 1 atom stereocenters. The summed E-state index contributed by atoms with van der Waals surface area (Å²) in [5.41, 5.74) is 6.82. The van der Waals surface area contributed by atoms with Crippen LogP contribution in [0.25, 0.3) is 22.3 Å². The van der Waals surface area contributed by atoms with Gasteiger partial charge in [-0.3, -0.25) is 4.79 Å². The summed E-state index contributed by atoms with van der Waals surface area (Å²) in [6.45, 7) is 2.71. The van der Waals surface area contributed by atoms with E-state index in [0.717, 1.165) is 31.0 Å². The van der Waals surface area contributed by atoms with Gasteiger partial charge in [0, 0.05) is 26.1 Å². The lowest BCUT2D eigenvalue weighted by molar-refractivity contribution is -0.116. The smallest absolute Gasteiger partial charge is 0.226 e. The molecule has 28 heavy (non-hydrogen) atoms. The van der Waals surface area contributed by atoms with Gasteiger partial charge in [0.05, 0.1) is 17.4 Å². The first kappa shape index (κ1) is 17.0. The normalized spacial score (nSPS) is 18.6. The number of anilines is 2. The van der Waals surface area contributed by atoms with E-state index in [4.69, 9.17) is 0 Å². The molecule has 2 aliphatic heterocycles. The lowest BCUT2D eigenvalue weighted by Crippen LogP contribution is -2.51. The van der Waals surface area contributed by atoms with Crippen LogP contribution in [-0.4, -0.2) is 31.6 Å². The fourth-order valence-corrected chi connectivity index (χ4v) is 4.24. The highest BCUT2D eigenvalue weighted by Gasteiger charge is 2.30. The van der Waals surface area contributed by atoms with Crippen LogP contribution in [0.4, 0.5) is 11.4 Å². The third-order valence-corrected chi connectivity index (χ3v) is 5.66. The Balaban J connectivity index is 1.56. The van der Waals surface area contributed by atoms with Crippen LogP contribution in [-0.2, 0) is 4.79 Å². The highest BCUT2D eigenvalue weighted by atomic mass is 16.1. The largest absolute Gasteiger partial charge is 0.364 e. The van der Waals surface area contributed by atoms with Gasteiger partial charge in [0.15, 0.2) is 0 Å². The highest BCUT2D eigenvalue weighted by molar-refractivity contribution is 5.97. The second-order valence-corrected chi connectivity index (χ2v) is 7.48. The minimum absolute atomic E-state index is 0.0938. The zero-order chi connectivity index (χ0) is 18.9. The molecule has 0 bridgehead atoms. The van der Waals surface area contributed by atoms with Crippen LogP contribution in [0.3, 0.4) is 0 Å². The number of nitrogens with one attached hydrogen (secondary N) is 2. The van der Waals surface area contributed by atoms with Gasteiger partial charge in [-0.1, -0.05) is 54.6 Å². The maximum atomic E-state index is 12.3. The summed E-state index contributed by atoms with van der Waals surface area (Å²) < 4.78 is 0. The lowest BCUT2D eigenvalue weighted by atomic mass is 9.98. The van der Waals surface area contributed by atoms with Gasteiger partial charge in [-0.25, -0.2) is 0 Å². The molecule has 0 aliphatic carbocycles. The van der Waals surface area contributed by atoms with Gasteiger partial charge >= 0.3 is 0 Å². The topological polar surface area (TPSA) is 44.4 Å². The molecule has 0 aromatic heterocycles. The number of benzene rings is 3. The lowest BCUT2D eigenvalue weighted by Gasteiger charge is -2.36. The third-order valence-electron chi connectivity index (χ3n) is 5.66. The number of nitrogens with zero attached hydrogens (tertiary/aromatic N) is 1. The number of fused-ring (bicyclic) bond motifs is 3. The van der Waals surface area contributed by atoms with Crippen LogP contribution in [0.5, 0.6) is 0 Å². The van der Waals surface area contributed by atoms with Crippen molar-refractivity contribution in [2.24, 2.45) is 0 Å². The van der Waals surface area contributed by atoms with Gasteiger partial charge < -0.3 is 15.5 Å². The third kappa shape index (κ3) is 3.16. The summed E-state index contributed by atoms with van der Waals surface area (Å²) in [6, 6.07) is 25.7. The number of hydrogen-bond donors (Lipinski definition) is 2. The number of carbonyl (C=O) groups is 1. The van der Waals surface area contributed by atoms with Crippen LogP contribution >= 0.6 is 0 Å². The zero-order valence-electron chi connectivity index (χ0n) is 15.7. The predicted molar refractivity (Wildman–Crippen MR) is 115 cm³/mol. The Kier molecular flexibility index (Phi) is 4.34. The maximum absolute atomic E-state index is 12.3. The SMILES string of the molecule is O=C1CC2CNCCN2c2cc(-c3cccc(-c4ccccc4)c3)ccc2N1. The van der Waals surface area contributed by atoms with Crippen molar-refractivity contribution in [1.29, 1.82) is 0 Å². The van der Waals surface area contributed by atoms with E-state index in [2.05, 4.69) is 76.2 Å². The van der Waals surface area contributed by atoms with Gasteiger partial charge in [-0.05, 0) is 40.5 Å². The fourth-order valence-electron chi connectivity index (χ4n) is 4.24. The Morgan fingerprint density at radius 3 is 2.43 bits per heavy atom. The molecule has 140 valence electrons. The summed E-state index contributed by atoms with van der Waals surface area (Å²) in [4.78, 5) is 14.7. The van der Waals surface area contributed by atoms with Gasteiger partial charge in [-0.15, -0.1) is 0 Å². The van der Waals surface area contributed by atoms with E-state index in [-0.39, 0.29) is 11.9 Å². The molecule has 5 rings (SSSR count). The quantitative estimate of drug-likeness (QED) is 0.714. The Hall–Kier alpha value is -3.11. The summed E-state index contributed by atoms with van der Waals surface area (Å²) in [7, 11) is 0. The Labute approximate surface area is 165 Å². The highest BCUT2D eigenvalue weighted by Crippen LogP contribution is 2.36. The minimum atomic E-state index is 0.0938. The number of carbonyl (C=O) groups excluding carboxylic acids is 1. The monoisotopic (exact) mass is 369 g/mol. The minimum Gasteiger partial charge on any atom is -0.364 e. The molecule has 2 N–H and O–H groups in total. The van der Waals surface area contributed by atoms with Crippen molar-refractivity contribution < 1.29 is 4.79 Å². The molecule has 3 aromatic rings. The molecule has 1 amide bonds. The maximum Gasteiger partial charge on any atom is 0.226 e. The van der Waals surface area contributed by atoms with E-state index >= 15 is 0 Å². The molecule has 4 heteroatoms. The van der Waals surface area contributed by atoms with Crippen molar-refractivity contribution >= 4 is 17.3 Å². The molecule has 0 radical (unpaired) electrons. The van der Waals surface area contributed by atoms with E-state index in [9.17, 15) is 4.79 Å². The molecule has 2 heterocycles. The Morgan fingerprint density at radius 2 is 1.57 bits per heavy atom. The molecular weight excluding hydrogens is 346 g/mol. The van der Waals surface area contributed by atoms with Crippen LogP contribution in [0.15, 0.2) is 72.8 Å². The molecule has 1 saturated heterocycles. The molecule has 3 aromatic carbocycles. The van der Waals surface area contributed by atoms with E-state index in [1.54, 1.807) is 0 Å². The van der Waals surface area contributed by atoms with Crippen molar-refractivity contribution in [3.05, 3.63) is 72.8 Å². The summed E-state index contributed by atoms with van der Waals surface area (Å²) in [5.74, 6) is 0.0938. The van der Waals surface area contributed by atoms with Crippen molar-refractivity contribution in [1.82, 2.24) is 5.32 Å². The number of amides is 1. The molecule has 0 saturated carbocycles. The first-order valence-corrected chi connectivity index (χ1v) is 9.85. The number of rotatable bonds is 2. The number of hydrogen-bond acceptors (Lipinski definition) is 3. The summed E-state index contributed by atoms with van der Waals surface area (Å²) >= 11 is 0. The molecule has 2 aliphatic rings. The first-order chi connectivity index (χ1) is 13.8. The van der Waals surface area contributed by atoms with E-state index in [0.29, 0.717) is 6.42 Å². The molecule has 1 unspecified atom stereocenters. The van der Waals surface area contributed by atoms with Gasteiger partial charge in [0.2, 0.25) is 5.91 Å². The van der Waals surface area contributed by atoms with E-state index < -0.39 is 0 Å². The van der Waals surface area contributed by atoms with E-state index in [1.165, 1.54) is 22.3 Å². The van der Waals surface area contributed by atoms with Crippen LogP contribution in [0.1, 0.15) is 6.42 Å². The molecule has 0 spiro atoms. The molecule has 4 nitrogen and oxygen atoms in total. The van der Waals surface area contributed by atoms with Crippen molar-refractivity contribution in [2.45, 2.75) is 12.5 Å². The average molecular weight is 369 g/mol. The predicted octanol–water partition coefficient (Wildman–Crippen LogP) is 4.14. The van der Waals surface area contributed by atoms with Gasteiger partial charge in [0.25, 0.3) is 0 Å². The van der Waals surface area contributed by atoms with Crippen LogP contribution in [0, 0.1) is 0 Å². The van der Waals surface area contributed by atoms with Gasteiger partial charge in [0.1, 0.15) is 0 Å². The van der Waals surface area contributed by atoms with E-state index in [1.807, 2.05) is 12.1 Å². The molecule has 1 fully saturated rings.